The Morgan fingerprint density at radius 3 is 2.48 bits per heavy atom. The predicted octanol–water partition coefficient (Wildman–Crippen LogP) is 4.18. The Morgan fingerprint density at radius 2 is 1.86 bits per heavy atom. The predicted molar refractivity (Wildman–Crippen MR) is 76.7 cm³/mol. The molecule has 0 radical (unpaired) electrons. The highest BCUT2D eigenvalue weighted by molar-refractivity contribution is 6.31. The van der Waals surface area contributed by atoms with Crippen LogP contribution in [0.1, 0.15) is 5.56 Å². The van der Waals surface area contributed by atoms with Gasteiger partial charge in [-0.05, 0) is 30.2 Å². The maximum Gasteiger partial charge on any atom is 0.295 e. The van der Waals surface area contributed by atoms with Gasteiger partial charge in [-0.1, -0.05) is 23.7 Å². The third-order valence-corrected chi connectivity index (χ3v) is 3.17. The molecule has 110 valence electrons. The van der Waals surface area contributed by atoms with Crippen LogP contribution in [-0.4, -0.2) is 11.5 Å². The molecule has 1 N–H and O–H groups in total. The van der Waals surface area contributed by atoms with Crippen molar-refractivity contribution in [1.29, 1.82) is 0 Å². The van der Waals surface area contributed by atoms with E-state index in [2.05, 4.69) is 5.32 Å². The lowest BCUT2D eigenvalue weighted by Gasteiger charge is -2.08. The van der Waals surface area contributed by atoms with Gasteiger partial charge in [0.2, 0.25) is 0 Å². The number of hydrogen-bond acceptors (Lipinski definition) is 3. The fourth-order valence-electron chi connectivity index (χ4n) is 1.82. The second-order valence-corrected chi connectivity index (χ2v) is 4.75. The van der Waals surface area contributed by atoms with Crippen molar-refractivity contribution in [2.24, 2.45) is 0 Å². The van der Waals surface area contributed by atoms with Gasteiger partial charge in [0.1, 0.15) is 17.3 Å². The standard InChI is InChI=1S/C14H11ClF2N2O2/c15-11-7-13(14(19(20)21)8-12(11)17)18-6-5-9-1-3-10(16)4-2-9/h1-4,7-8,18H,5-6H2. The van der Waals surface area contributed by atoms with Crippen molar-refractivity contribution in [2.45, 2.75) is 6.42 Å². The van der Waals surface area contributed by atoms with Crippen LogP contribution in [0.2, 0.25) is 5.02 Å². The summed E-state index contributed by atoms with van der Waals surface area (Å²) in [6, 6.07) is 7.90. The molecule has 7 heteroatoms. The number of anilines is 1. The van der Waals surface area contributed by atoms with Gasteiger partial charge in [0, 0.05) is 6.54 Å². The molecule has 0 aliphatic heterocycles. The van der Waals surface area contributed by atoms with Crippen LogP contribution in [0.4, 0.5) is 20.2 Å². The maximum absolute atomic E-state index is 13.2. The number of nitro benzene ring substituents is 1. The molecule has 0 spiro atoms. The van der Waals surface area contributed by atoms with E-state index in [9.17, 15) is 18.9 Å². The quantitative estimate of drug-likeness (QED) is 0.665. The first-order valence-corrected chi connectivity index (χ1v) is 6.47. The summed E-state index contributed by atoms with van der Waals surface area (Å²) >= 11 is 5.62. The van der Waals surface area contributed by atoms with E-state index < -0.39 is 10.7 Å². The molecule has 0 fully saturated rings. The number of benzene rings is 2. The van der Waals surface area contributed by atoms with Crippen LogP contribution in [0, 0.1) is 21.7 Å². The molecular formula is C14H11ClF2N2O2. The molecule has 0 saturated carbocycles. The monoisotopic (exact) mass is 312 g/mol. The zero-order chi connectivity index (χ0) is 15.4. The second-order valence-electron chi connectivity index (χ2n) is 4.34. The highest BCUT2D eigenvalue weighted by Crippen LogP contribution is 2.30. The van der Waals surface area contributed by atoms with Crippen molar-refractivity contribution in [2.75, 3.05) is 11.9 Å². The van der Waals surface area contributed by atoms with Crippen molar-refractivity contribution in [3.05, 3.63) is 68.7 Å². The molecule has 21 heavy (non-hydrogen) atoms. The minimum absolute atomic E-state index is 0.147. The summed E-state index contributed by atoms with van der Waals surface area (Å²) < 4.78 is 26.0. The summed E-state index contributed by atoms with van der Waals surface area (Å²) in [5, 5.41) is 13.5. The summed E-state index contributed by atoms with van der Waals surface area (Å²) in [6.45, 7) is 0.369. The van der Waals surface area contributed by atoms with Crippen LogP contribution in [0.3, 0.4) is 0 Å². The van der Waals surface area contributed by atoms with E-state index in [0.717, 1.165) is 11.6 Å². The lowest BCUT2D eigenvalue weighted by atomic mass is 10.1. The molecule has 2 aromatic rings. The number of nitrogens with zero attached hydrogens (tertiary/aromatic N) is 1. The Morgan fingerprint density at radius 1 is 1.19 bits per heavy atom. The van der Waals surface area contributed by atoms with Crippen molar-refractivity contribution in [3.63, 3.8) is 0 Å². The van der Waals surface area contributed by atoms with E-state index in [-0.39, 0.29) is 22.2 Å². The van der Waals surface area contributed by atoms with E-state index in [4.69, 9.17) is 11.6 Å². The Kier molecular flexibility index (Phi) is 4.70. The number of nitro groups is 1. The first-order valence-electron chi connectivity index (χ1n) is 6.09. The summed E-state index contributed by atoms with van der Waals surface area (Å²) in [6.07, 6.45) is 0.534. The van der Waals surface area contributed by atoms with Gasteiger partial charge in [0.05, 0.1) is 16.0 Å². The van der Waals surface area contributed by atoms with Crippen LogP contribution >= 0.6 is 11.6 Å². The Hall–Kier alpha value is -2.21. The van der Waals surface area contributed by atoms with Gasteiger partial charge in [-0.2, -0.15) is 0 Å². The number of halogens is 3. The zero-order valence-corrected chi connectivity index (χ0v) is 11.5. The van der Waals surface area contributed by atoms with Gasteiger partial charge < -0.3 is 5.32 Å². The largest absolute Gasteiger partial charge is 0.379 e. The normalized spacial score (nSPS) is 10.4. The molecule has 0 heterocycles. The van der Waals surface area contributed by atoms with E-state index in [0.29, 0.717) is 13.0 Å². The van der Waals surface area contributed by atoms with E-state index in [1.54, 1.807) is 12.1 Å². The van der Waals surface area contributed by atoms with Crippen LogP contribution in [0.25, 0.3) is 0 Å². The van der Waals surface area contributed by atoms with Gasteiger partial charge >= 0.3 is 0 Å². The SMILES string of the molecule is O=[N+]([O-])c1cc(F)c(Cl)cc1NCCc1ccc(F)cc1. The summed E-state index contributed by atoms with van der Waals surface area (Å²) in [7, 11) is 0. The molecule has 0 aliphatic rings. The highest BCUT2D eigenvalue weighted by atomic mass is 35.5. The van der Waals surface area contributed by atoms with E-state index in [1.165, 1.54) is 18.2 Å². The Labute approximate surface area is 124 Å². The Bertz CT molecular complexity index is 663. The molecular weight excluding hydrogens is 302 g/mol. The van der Waals surface area contributed by atoms with Crippen molar-refractivity contribution in [1.82, 2.24) is 0 Å². The number of nitrogens with one attached hydrogen (secondary N) is 1. The molecule has 2 rings (SSSR count). The molecule has 0 aliphatic carbocycles. The number of hydrogen-bond donors (Lipinski definition) is 1. The van der Waals surface area contributed by atoms with E-state index >= 15 is 0 Å². The molecule has 0 aromatic heterocycles. The minimum atomic E-state index is -0.840. The molecule has 0 bridgehead atoms. The van der Waals surface area contributed by atoms with Crippen molar-refractivity contribution < 1.29 is 13.7 Å². The van der Waals surface area contributed by atoms with Crippen LogP contribution < -0.4 is 5.32 Å². The summed E-state index contributed by atoms with van der Waals surface area (Å²) in [4.78, 5) is 10.2. The van der Waals surface area contributed by atoms with Crippen LogP contribution in [-0.2, 0) is 6.42 Å². The van der Waals surface area contributed by atoms with Crippen LogP contribution in [0.15, 0.2) is 36.4 Å². The second kappa shape index (κ2) is 6.49. The molecule has 4 nitrogen and oxygen atoms in total. The number of rotatable bonds is 5. The molecule has 0 amide bonds. The minimum Gasteiger partial charge on any atom is -0.379 e. The smallest absolute Gasteiger partial charge is 0.295 e. The maximum atomic E-state index is 13.2. The molecule has 0 atom stereocenters. The summed E-state index contributed by atoms with van der Waals surface area (Å²) in [5.41, 5.74) is 0.643. The van der Waals surface area contributed by atoms with E-state index in [1.807, 2.05) is 0 Å². The third-order valence-electron chi connectivity index (χ3n) is 2.88. The lowest BCUT2D eigenvalue weighted by Crippen LogP contribution is -2.07. The van der Waals surface area contributed by atoms with Gasteiger partial charge in [-0.15, -0.1) is 0 Å². The average Bonchev–Trinajstić information content (AvgIpc) is 2.44. The third kappa shape index (κ3) is 3.88. The molecule has 2 aromatic carbocycles. The summed E-state index contributed by atoms with van der Waals surface area (Å²) in [5.74, 6) is -1.17. The first kappa shape index (κ1) is 15.2. The van der Waals surface area contributed by atoms with Gasteiger partial charge in [-0.25, -0.2) is 8.78 Å². The Balaban J connectivity index is 2.07. The van der Waals surface area contributed by atoms with Gasteiger partial charge in [-0.3, -0.25) is 10.1 Å². The topological polar surface area (TPSA) is 55.2 Å². The fraction of sp³-hybridized carbons (Fsp3) is 0.143. The fourth-order valence-corrected chi connectivity index (χ4v) is 1.99. The first-order chi connectivity index (χ1) is 9.97. The molecule has 0 saturated heterocycles. The molecule has 0 unspecified atom stereocenters. The van der Waals surface area contributed by atoms with Gasteiger partial charge in [0.15, 0.2) is 0 Å². The van der Waals surface area contributed by atoms with Gasteiger partial charge in [0.25, 0.3) is 5.69 Å². The van der Waals surface area contributed by atoms with Crippen molar-refractivity contribution >= 4 is 23.0 Å². The lowest BCUT2D eigenvalue weighted by molar-refractivity contribution is -0.384. The van der Waals surface area contributed by atoms with Crippen molar-refractivity contribution in [3.8, 4) is 0 Å². The average molecular weight is 313 g/mol. The zero-order valence-electron chi connectivity index (χ0n) is 10.8. The highest BCUT2D eigenvalue weighted by Gasteiger charge is 2.17. The van der Waals surface area contributed by atoms with Crippen LogP contribution in [0.5, 0.6) is 0 Å².